The van der Waals surface area contributed by atoms with Crippen LogP contribution in [0.15, 0.2) is 33.3 Å². The van der Waals surface area contributed by atoms with Gasteiger partial charge in [0.1, 0.15) is 11.8 Å². The molecule has 0 saturated carbocycles. The molecule has 0 bridgehead atoms. The van der Waals surface area contributed by atoms with Crippen LogP contribution in [-0.2, 0) is 6.18 Å². The van der Waals surface area contributed by atoms with E-state index in [-0.39, 0.29) is 10.2 Å². The molecule has 7 heteroatoms. The standard InChI is InChI=1S/C12H9BrF3NO2/c1-6(18)11-5-10(17-19-11)7-2-3-8(9(13)4-7)12(14,15)16/h2-6,18H,1H3. The van der Waals surface area contributed by atoms with Gasteiger partial charge in [0.2, 0.25) is 0 Å². The van der Waals surface area contributed by atoms with Crippen molar-refractivity contribution in [1.82, 2.24) is 5.16 Å². The van der Waals surface area contributed by atoms with Crippen LogP contribution in [0.2, 0.25) is 0 Å². The molecule has 0 aliphatic carbocycles. The van der Waals surface area contributed by atoms with Crippen LogP contribution in [0.25, 0.3) is 11.3 Å². The van der Waals surface area contributed by atoms with E-state index >= 15 is 0 Å². The largest absolute Gasteiger partial charge is 0.417 e. The summed E-state index contributed by atoms with van der Waals surface area (Å²) in [5.41, 5.74) is 0.0799. The van der Waals surface area contributed by atoms with Crippen LogP contribution in [0.5, 0.6) is 0 Å². The average molecular weight is 336 g/mol. The molecule has 0 saturated heterocycles. The molecule has 0 aliphatic rings. The van der Waals surface area contributed by atoms with E-state index in [1.54, 1.807) is 0 Å². The number of rotatable bonds is 2. The number of aromatic nitrogens is 1. The first kappa shape index (κ1) is 14.1. The molecule has 2 rings (SSSR count). The van der Waals surface area contributed by atoms with E-state index in [9.17, 15) is 18.3 Å². The van der Waals surface area contributed by atoms with Crippen molar-refractivity contribution in [2.75, 3.05) is 0 Å². The molecule has 0 spiro atoms. The van der Waals surface area contributed by atoms with Gasteiger partial charge in [-0.15, -0.1) is 0 Å². The number of halogens is 4. The van der Waals surface area contributed by atoms with E-state index in [0.717, 1.165) is 6.07 Å². The molecule has 2 aromatic rings. The highest BCUT2D eigenvalue weighted by atomic mass is 79.9. The SMILES string of the molecule is CC(O)c1cc(-c2ccc(C(F)(F)F)c(Br)c2)no1. The summed E-state index contributed by atoms with van der Waals surface area (Å²) in [6.45, 7) is 1.51. The maximum absolute atomic E-state index is 12.6. The second-order valence-electron chi connectivity index (χ2n) is 3.98. The highest BCUT2D eigenvalue weighted by Crippen LogP contribution is 2.37. The van der Waals surface area contributed by atoms with Crippen molar-refractivity contribution >= 4 is 15.9 Å². The van der Waals surface area contributed by atoms with Crippen LogP contribution >= 0.6 is 15.9 Å². The Kier molecular flexibility index (Phi) is 3.69. The van der Waals surface area contributed by atoms with Gasteiger partial charge in [0.15, 0.2) is 5.76 Å². The zero-order valence-corrected chi connectivity index (χ0v) is 11.3. The van der Waals surface area contributed by atoms with Gasteiger partial charge in [0, 0.05) is 16.1 Å². The number of hydrogen-bond donors (Lipinski definition) is 1. The zero-order chi connectivity index (χ0) is 14.2. The van der Waals surface area contributed by atoms with Crippen molar-refractivity contribution in [1.29, 1.82) is 0 Å². The van der Waals surface area contributed by atoms with Crippen LogP contribution < -0.4 is 0 Å². The molecule has 1 aromatic carbocycles. The molecule has 102 valence electrons. The Bertz CT molecular complexity index is 593. The van der Waals surface area contributed by atoms with Gasteiger partial charge in [-0.25, -0.2) is 0 Å². The van der Waals surface area contributed by atoms with E-state index in [1.807, 2.05) is 0 Å². The maximum Gasteiger partial charge on any atom is 0.417 e. The summed E-state index contributed by atoms with van der Waals surface area (Å²) in [6.07, 6.45) is -5.23. The van der Waals surface area contributed by atoms with Gasteiger partial charge in [-0.2, -0.15) is 13.2 Å². The van der Waals surface area contributed by atoms with Gasteiger partial charge in [-0.3, -0.25) is 0 Å². The van der Waals surface area contributed by atoms with Crippen molar-refractivity contribution in [2.24, 2.45) is 0 Å². The Hall–Kier alpha value is -1.34. The lowest BCUT2D eigenvalue weighted by Gasteiger charge is -2.09. The first-order valence-corrected chi connectivity index (χ1v) is 6.10. The smallest absolute Gasteiger partial charge is 0.385 e. The van der Waals surface area contributed by atoms with Crippen LogP contribution in [-0.4, -0.2) is 10.3 Å². The van der Waals surface area contributed by atoms with Crippen LogP contribution in [0.3, 0.4) is 0 Å². The fourth-order valence-corrected chi connectivity index (χ4v) is 2.13. The fraction of sp³-hybridized carbons (Fsp3) is 0.250. The summed E-state index contributed by atoms with van der Waals surface area (Å²) in [4.78, 5) is 0. The van der Waals surface area contributed by atoms with E-state index in [4.69, 9.17) is 4.52 Å². The molecule has 3 nitrogen and oxygen atoms in total. The minimum atomic E-state index is -4.41. The van der Waals surface area contributed by atoms with E-state index in [1.165, 1.54) is 25.1 Å². The predicted octanol–water partition coefficient (Wildman–Crippen LogP) is 4.18. The lowest BCUT2D eigenvalue weighted by molar-refractivity contribution is -0.138. The molecule has 19 heavy (non-hydrogen) atoms. The summed E-state index contributed by atoms with van der Waals surface area (Å²) in [7, 11) is 0. The second-order valence-corrected chi connectivity index (χ2v) is 4.84. The molecular formula is C12H9BrF3NO2. The highest BCUT2D eigenvalue weighted by Gasteiger charge is 2.33. The first-order chi connectivity index (χ1) is 8.79. The maximum atomic E-state index is 12.6. The molecule has 1 aromatic heterocycles. The van der Waals surface area contributed by atoms with E-state index in [2.05, 4.69) is 21.1 Å². The third-order valence-electron chi connectivity index (χ3n) is 2.51. The van der Waals surface area contributed by atoms with Crippen molar-refractivity contribution in [3.63, 3.8) is 0 Å². The normalized spacial score (nSPS) is 13.6. The predicted molar refractivity (Wildman–Crippen MR) is 65.3 cm³/mol. The third kappa shape index (κ3) is 2.98. The van der Waals surface area contributed by atoms with Gasteiger partial charge in [-0.05, 0) is 19.1 Å². The van der Waals surface area contributed by atoms with Gasteiger partial charge in [-0.1, -0.05) is 27.2 Å². The summed E-state index contributed by atoms with van der Waals surface area (Å²) in [5.74, 6) is 0.256. The summed E-state index contributed by atoms with van der Waals surface area (Å²) in [5, 5.41) is 13.0. The molecule has 1 heterocycles. The van der Waals surface area contributed by atoms with Crippen molar-refractivity contribution < 1.29 is 22.8 Å². The Labute approximate surface area is 115 Å². The monoisotopic (exact) mass is 335 g/mol. The topological polar surface area (TPSA) is 46.3 Å². The second kappa shape index (κ2) is 4.97. The number of benzene rings is 1. The van der Waals surface area contributed by atoms with Crippen LogP contribution in [0.1, 0.15) is 24.4 Å². The highest BCUT2D eigenvalue weighted by molar-refractivity contribution is 9.10. The van der Waals surface area contributed by atoms with Gasteiger partial charge in [0.05, 0.1) is 5.56 Å². The van der Waals surface area contributed by atoms with E-state index < -0.39 is 17.8 Å². The molecule has 0 fully saturated rings. The zero-order valence-electron chi connectivity index (χ0n) is 9.70. The number of alkyl halides is 3. The van der Waals surface area contributed by atoms with Gasteiger partial charge in [0.25, 0.3) is 0 Å². The molecular weight excluding hydrogens is 327 g/mol. The van der Waals surface area contributed by atoms with Gasteiger partial charge < -0.3 is 9.63 Å². The van der Waals surface area contributed by atoms with Crippen molar-refractivity contribution in [3.8, 4) is 11.3 Å². The number of nitrogens with zero attached hydrogens (tertiary/aromatic N) is 1. The Balaban J connectivity index is 2.39. The number of aliphatic hydroxyl groups is 1. The molecule has 0 aliphatic heterocycles. The van der Waals surface area contributed by atoms with Gasteiger partial charge >= 0.3 is 6.18 Å². The van der Waals surface area contributed by atoms with Crippen LogP contribution in [0, 0.1) is 0 Å². The van der Waals surface area contributed by atoms with Crippen molar-refractivity contribution in [3.05, 3.63) is 40.1 Å². The molecule has 1 N–H and O–H groups in total. The fourth-order valence-electron chi connectivity index (χ4n) is 1.53. The Morgan fingerprint density at radius 3 is 2.47 bits per heavy atom. The number of aliphatic hydroxyl groups excluding tert-OH is 1. The summed E-state index contributed by atoms with van der Waals surface area (Å²) >= 11 is 2.89. The summed E-state index contributed by atoms with van der Waals surface area (Å²) < 4.78 is 42.6. The average Bonchev–Trinajstić information content (AvgIpc) is 2.76. The minimum absolute atomic E-state index is 0.0703. The molecule has 1 unspecified atom stereocenters. The first-order valence-electron chi connectivity index (χ1n) is 5.31. The third-order valence-corrected chi connectivity index (χ3v) is 3.17. The Morgan fingerprint density at radius 1 is 1.32 bits per heavy atom. The molecule has 0 amide bonds. The van der Waals surface area contributed by atoms with Crippen LogP contribution in [0.4, 0.5) is 13.2 Å². The quantitative estimate of drug-likeness (QED) is 0.895. The van der Waals surface area contributed by atoms with Crippen molar-refractivity contribution in [2.45, 2.75) is 19.2 Å². The Morgan fingerprint density at radius 2 is 2.00 bits per heavy atom. The molecule has 0 radical (unpaired) electrons. The lowest BCUT2D eigenvalue weighted by atomic mass is 10.1. The van der Waals surface area contributed by atoms with E-state index in [0.29, 0.717) is 11.3 Å². The lowest BCUT2D eigenvalue weighted by Crippen LogP contribution is -2.05. The minimum Gasteiger partial charge on any atom is -0.385 e. The molecule has 1 atom stereocenters. The summed E-state index contributed by atoms with van der Waals surface area (Å²) in [6, 6.07) is 5.07. The number of hydrogen-bond acceptors (Lipinski definition) is 3.